The van der Waals surface area contributed by atoms with Gasteiger partial charge in [-0.3, -0.25) is 4.79 Å². The Morgan fingerprint density at radius 2 is 1.71 bits per heavy atom. The first-order valence-electron chi connectivity index (χ1n) is 10.3. The molecule has 2 atom stereocenters. The van der Waals surface area contributed by atoms with E-state index in [1.165, 1.54) is 17.7 Å². The zero-order chi connectivity index (χ0) is 21.8. The van der Waals surface area contributed by atoms with Gasteiger partial charge in [0.2, 0.25) is 0 Å². The highest BCUT2D eigenvalue weighted by molar-refractivity contribution is 5.91. The Kier molecular flexibility index (Phi) is 6.18. The fourth-order valence-electron chi connectivity index (χ4n) is 4.28. The maximum absolute atomic E-state index is 13.2. The second kappa shape index (κ2) is 9.18. The molecule has 1 aliphatic rings. The van der Waals surface area contributed by atoms with Crippen LogP contribution in [0.2, 0.25) is 0 Å². The molecule has 1 amide bonds. The van der Waals surface area contributed by atoms with Crippen molar-refractivity contribution >= 4 is 11.6 Å². The van der Waals surface area contributed by atoms with E-state index in [0.29, 0.717) is 23.7 Å². The zero-order valence-electron chi connectivity index (χ0n) is 17.7. The number of rotatable bonds is 6. The predicted molar refractivity (Wildman–Crippen MR) is 117 cm³/mol. The molecule has 160 valence electrons. The van der Waals surface area contributed by atoms with Gasteiger partial charge in [0.25, 0.3) is 5.91 Å². The van der Waals surface area contributed by atoms with Crippen LogP contribution in [0.15, 0.2) is 66.7 Å². The fourth-order valence-corrected chi connectivity index (χ4v) is 4.28. The molecule has 0 bridgehead atoms. The highest BCUT2D eigenvalue weighted by Gasteiger charge is 2.35. The molecule has 0 spiro atoms. The zero-order valence-corrected chi connectivity index (χ0v) is 17.7. The summed E-state index contributed by atoms with van der Waals surface area (Å²) in [5.41, 5.74) is 4.07. The van der Waals surface area contributed by atoms with E-state index in [1.807, 2.05) is 30.3 Å². The third kappa shape index (κ3) is 4.54. The number of anilines is 1. The Balaban J connectivity index is 1.64. The van der Waals surface area contributed by atoms with Crippen LogP contribution < -0.4 is 19.7 Å². The largest absolute Gasteiger partial charge is 0.493 e. The van der Waals surface area contributed by atoms with Crippen molar-refractivity contribution in [2.24, 2.45) is 0 Å². The summed E-state index contributed by atoms with van der Waals surface area (Å²) >= 11 is 0. The quantitative estimate of drug-likeness (QED) is 0.643. The number of carbonyl (C=O) groups excluding carboxylic acids is 1. The van der Waals surface area contributed by atoms with Crippen molar-refractivity contribution in [3.8, 4) is 11.5 Å². The summed E-state index contributed by atoms with van der Waals surface area (Å²) in [6, 6.07) is 20.1. The second-order valence-electron chi connectivity index (χ2n) is 7.64. The van der Waals surface area contributed by atoms with Gasteiger partial charge in [-0.2, -0.15) is 0 Å². The minimum Gasteiger partial charge on any atom is -0.493 e. The van der Waals surface area contributed by atoms with Crippen molar-refractivity contribution in [1.29, 1.82) is 0 Å². The molecule has 0 radical (unpaired) electrons. The van der Waals surface area contributed by atoms with Gasteiger partial charge in [-0.05, 0) is 42.0 Å². The number of fused-ring (bicyclic) bond motifs is 1. The molecule has 0 saturated carbocycles. The Labute approximate surface area is 181 Å². The van der Waals surface area contributed by atoms with Gasteiger partial charge in [-0.1, -0.05) is 30.3 Å². The highest BCUT2D eigenvalue weighted by Crippen LogP contribution is 2.36. The Morgan fingerprint density at radius 1 is 1.03 bits per heavy atom. The Hall–Kier alpha value is -3.38. The average Bonchev–Trinajstić information content (AvgIpc) is 2.80. The van der Waals surface area contributed by atoms with Crippen molar-refractivity contribution in [2.45, 2.75) is 12.5 Å². The molecule has 3 aromatic rings. The number of carbonyl (C=O) groups is 1. The van der Waals surface area contributed by atoms with E-state index in [-0.39, 0.29) is 17.8 Å². The van der Waals surface area contributed by atoms with Gasteiger partial charge >= 0.3 is 0 Å². The van der Waals surface area contributed by atoms with Gasteiger partial charge in [-0.15, -0.1) is 0 Å². The molecule has 6 heteroatoms. The summed E-state index contributed by atoms with van der Waals surface area (Å²) in [4.78, 5) is 14.0. The molecule has 0 fully saturated rings. The molecule has 0 aliphatic carbocycles. The third-order valence-electron chi connectivity index (χ3n) is 5.73. The van der Waals surface area contributed by atoms with Crippen molar-refractivity contribution in [2.75, 3.05) is 32.6 Å². The number of methoxy groups -OCH3 is 2. The molecule has 1 aliphatic heterocycles. The molecule has 2 N–H and O–H groups in total. The molecule has 3 aromatic carbocycles. The first-order valence-corrected chi connectivity index (χ1v) is 10.3. The number of hydrogen-bond acceptors (Lipinski definition) is 3. The summed E-state index contributed by atoms with van der Waals surface area (Å²) in [7, 11) is 3.27. The van der Waals surface area contributed by atoms with Crippen LogP contribution >= 0.6 is 0 Å². The molecular formula is C25H26FN2O3+. The molecule has 0 saturated heterocycles. The molecule has 1 heterocycles. The summed E-state index contributed by atoms with van der Waals surface area (Å²) in [6.45, 7) is 1.10. The van der Waals surface area contributed by atoms with Crippen LogP contribution in [0.5, 0.6) is 11.5 Å². The molecule has 4 rings (SSSR count). The lowest BCUT2D eigenvalue weighted by Crippen LogP contribution is -3.14. The van der Waals surface area contributed by atoms with Crippen LogP contribution in [0, 0.1) is 5.82 Å². The summed E-state index contributed by atoms with van der Waals surface area (Å²) in [6.07, 6.45) is 0.832. The summed E-state index contributed by atoms with van der Waals surface area (Å²) in [5.74, 6) is 0.959. The molecular weight excluding hydrogens is 395 g/mol. The SMILES string of the molecule is COc1cc2c(cc1OC)[C@@H](c1ccccc1)[NH+](CC(=O)Nc1ccc(F)cc1)CC2. The topological polar surface area (TPSA) is 52.0 Å². The van der Waals surface area contributed by atoms with E-state index in [4.69, 9.17) is 9.47 Å². The second-order valence-corrected chi connectivity index (χ2v) is 7.64. The van der Waals surface area contributed by atoms with E-state index in [9.17, 15) is 9.18 Å². The van der Waals surface area contributed by atoms with E-state index < -0.39 is 0 Å². The van der Waals surface area contributed by atoms with Crippen LogP contribution in [0.25, 0.3) is 0 Å². The van der Waals surface area contributed by atoms with Crippen LogP contribution in [0.1, 0.15) is 22.7 Å². The fraction of sp³-hybridized carbons (Fsp3) is 0.240. The van der Waals surface area contributed by atoms with Gasteiger partial charge in [0.15, 0.2) is 18.0 Å². The first-order chi connectivity index (χ1) is 15.1. The predicted octanol–water partition coefficient (Wildman–Crippen LogP) is 3.01. The normalized spacial score (nSPS) is 17.5. The monoisotopic (exact) mass is 421 g/mol. The lowest BCUT2D eigenvalue weighted by molar-refractivity contribution is -0.919. The molecule has 31 heavy (non-hydrogen) atoms. The van der Waals surface area contributed by atoms with Crippen LogP contribution in [-0.2, 0) is 11.2 Å². The molecule has 0 aromatic heterocycles. The van der Waals surface area contributed by atoms with Gasteiger partial charge in [0.05, 0.1) is 20.8 Å². The summed E-state index contributed by atoms with van der Waals surface area (Å²) < 4.78 is 24.2. The highest BCUT2D eigenvalue weighted by atomic mass is 19.1. The number of hydrogen-bond donors (Lipinski definition) is 2. The number of halogens is 1. The minimum absolute atomic E-state index is 0.0104. The van der Waals surface area contributed by atoms with E-state index in [2.05, 4.69) is 17.4 Å². The van der Waals surface area contributed by atoms with Gasteiger partial charge in [-0.25, -0.2) is 4.39 Å². The lowest BCUT2D eigenvalue weighted by atomic mass is 9.87. The third-order valence-corrected chi connectivity index (χ3v) is 5.73. The Morgan fingerprint density at radius 3 is 2.39 bits per heavy atom. The lowest BCUT2D eigenvalue weighted by Gasteiger charge is -2.34. The summed E-state index contributed by atoms with van der Waals surface area (Å²) in [5, 5.41) is 2.88. The van der Waals surface area contributed by atoms with Gasteiger partial charge in [0, 0.05) is 23.2 Å². The van der Waals surface area contributed by atoms with Crippen LogP contribution in [0.4, 0.5) is 10.1 Å². The number of ether oxygens (including phenoxy) is 2. The van der Waals surface area contributed by atoms with Crippen molar-refractivity contribution in [1.82, 2.24) is 0 Å². The maximum Gasteiger partial charge on any atom is 0.279 e. The molecule has 5 nitrogen and oxygen atoms in total. The number of nitrogens with one attached hydrogen (secondary N) is 2. The molecule has 1 unspecified atom stereocenters. The number of quaternary nitrogens is 1. The van der Waals surface area contributed by atoms with Crippen LogP contribution in [-0.4, -0.2) is 33.2 Å². The van der Waals surface area contributed by atoms with E-state index in [1.54, 1.807) is 26.4 Å². The van der Waals surface area contributed by atoms with Crippen molar-refractivity contribution in [3.63, 3.8) is 0 Å². The Bertz CT molecular complexity index is 1050. The smallest absolute Gasteiger partial charge is 0.279 e. The average molecular weight is 421 g/mol. The van der Waals surface area contributed by atoms with Gasteiger partial charge in [0.1, 0.15) is 11.9 Å². The van der Waals surface area contributed by atoms with Crippen LogP contribution in [0.3, 0.4) is 0 Å². The minimum atomic E-state index is -0.329. The number of amides is 1. The van der Waals surface area contributed by atoms with E-state index >= 15 is 0 Å². The first kappa shape index (κ1) is 20.9. The standard InChI is InChI=1S/C25H25FN2O3/c1-30-22-14-18-12-13-28(16-24(29)27-20-10-8-19(26)9-11-20)25(17-6-4-3-5-7-17)21(18)15-23(22)31-2/h3-11,14-15,25H,12-13,16H2,1-2H3,(H,27,29)/p+1/t25-/m1/s1. The number of benzene rings is 3. The van der Waals surface area contributed by atoms with Crippen molar-refractivity contribution in [3.05, 3.63) is 89.2 Å². The van der Waals surface area contributed by atoms with Crippen molar-refractivity contribution < 1.29 is 23.6 Å². The van der Waals surface area contributed by atoms with E-state index in [0.717, 1.165) is 29.0 Å². The van der Waals surface area contributed by atoms with Gasteiger partial charge < -0.3 is 19.7 Å². The maximum atomic E-state index is 13.2.